The number of hydrogen-bond donors (Lipinski definition) is 1. The Kier molecular flexibility index (Phi) is 4.02. The van der Waals surface area contributed by atoms with Gasteiger partial charge in [-0.05, 0) is 12.3 Å². The molecule has 2 aliphatic rings. The van der Waals surface area contributed by atoms with Crippen LogP contribution in [0.5, 0.6) is 0 Å². The molecule has 0 bridgehead atoms. The van der Waals surface area contributed by atoms with Gasteiger partial charge in [0.05, 0.1) is 24.0 Å². The minimum absolute atomic E-state index is 0.344. The highest BCUT2D eigenvalue weighted by Crippen LogP contribution is 2.36. The Morgan fingerprint density at radius 2 is 2.00 bits per heavy atom. The molecule has 116 valence electrons. The van der Waals surface area contributed by atoms with Gasteiger partial charge in [-0.3, -0.25) is 0 Å². The summed E-state index contributed by atoms with van der Waals surface area (Å²) < 4.78 is 5.71. The van der Waals surface area contributed by atoms with Gasteiger partial charge in [0.1, 0.15) is 5.82 Å². The van der Waals surface area contributed by atoms with E-state index < -0.39 is 0 Å². The zero-order valence-electron chi connectivity index (χ0n) is 13.5. The minimum atomic E-state index is 0.344. The molecule has 1 aromatic rings. The maximum absolute atomic E-state index is 5.71. The van der Waals surface area contributed by atoms with E-state index in [1.54, 1.807) is 0 Å². The van der Waals surface area contributed by atoms with Gasteiger partial charge in [0.15, 0.2) is 5.82 Å². The fourth-order valence-corrected chi connectivity index (χ4v) is 3.03. The van der Waals surface area contributed by atoms with Gasteiger partial charge in [0.2, 0.25) is 0 Å². The lowest BCUT2D eigenvalue weighted by molar-refractivity contribution is 0.136. The number of hydrogen-bond acceptors (Lipinski definition) is 5. The second-order valence-corrected chi connectivity index (χ2v) is 6.63. The topological polar surface area (TPSA) is 50.3 Å². The molecule has 5 nitrogen and oxygen atoms in total. The van der Waals surface area contributed by atoms with Crippen molar-refractivity contribution in [2.45, 2.75) is 52.0 Å². The molecule has 2 aliphatic heterocycles. The van der Waals surface area contributed by atoms with Crippen LogP contribution < -0.4 is 10.2 Å². The Morgan fingerprint density at radius 1 is 1.19 bits per heavy atom. The Morgan fingerprint density at radius 3 is 2.71 bits per heavy atom. The average Bonchev–Trinajstić information content (AvgIpc) is 2.70. The fourth-order valence-electron chi connectivity index (χ4n) is 3.03. The molecule has 0 aliphatic carbocycles. The van der Waals surface area contributed by atoms with E-state index in [2.05, 4.69) is 37.9 Å². The van der Waals surface area contributed by atoms with E-state index in [0.29, 0.717) is 17.9 Å². The zero-order valence-corrected chi connectivity index (χ0v) is 13.5. The number of nitrogens with zero attached hydrogens (tertiary/aromatic N) is 3. The van der Waals surface area contributed by atoms with Crippen LogP contribution in [0.25, 0.3) is 0 Å². The van der Waals surface area contributed by atoms with E-state index in [1.807, 2.05) is 0 Å². The van der Waals surface area contributed by atoms with Gasteiger partial charge in [-0.2, -0.15) is 0 Å². The molecule has 0 spiro atoms. The number of anilines is 2. The first-order valence-electron chi connectivity index (χ1n) is 8.08. The highest BCUT2D eigenvalue weighted by Gasteiger charge is 2.32. The van der Waals surface area contributed by atoms with Gasteiger partial charge >= 0.3 is 0 Å². The van der Waals surface area contributed by atoms with Gasteiger partial charge in [-0.1, -0.05) is 27.7 Å². The predicted molar refractivity (Wildman–Crippen MR) is 85.3 cm³/mol. The summed E-state index contributed by atoms with van der Waals surface area (Å²) in [6, 6.07) is 0.384. The molecule has 0 amide bonds. The number of nitrogens with one attached hydrogen (secondary N) is 1. The summed E-state index contributed by atoms with van der Waals surface area (Å²) in [5, 5.41) is 3.56. The van der Waals surface area contributed by atoms with Crippen molar-refractivity contribution in [2.75, 3.05) is 36.5 Å². The summed E-state index contributed by atoms with van der Waals surface area (Å²) in [6.07, 6.45) is 1.06. The molecule has 1 atom stereocenters. The number of fused-ring (bicyclic) bond motifs is 3. The summed E-state index contributed by atoms with van der Waals surface area (Å²) in [6.45, 7) is 12.3. The van der Waals surface area contributed by atoms with Gasteiger partial charge in [0.25, 0.3) is 0 Å². The van der Waals surface area contributed by atoms with Crippen molar-refractivity contribution in [3.05, 3.63) is 11.5 Å². The second kappa shape index (κ2) is 5.79. The zero-order chi connectivity index (χ0) is 15.0. The van der Waals surface area contributed by atoms with E-state index in [-0.39, 0.29) is 0 Å². The molecule has 1 fully saturated rings. The maximum Gasteiger partial charge on any atom is 0.156 e. The number of aromatic nitrogens is 2. The van der Waals surface area contributed by atoms with Crippen molar-refractivity contribution in [1.82, 2.24) is 9.97 Å². The van der Waals surface area contributed by atoms with E-state index in [1.165, 1.54) is 0 Å². The Bertz CT molecular complexity index is 515. The molecule has 3 rings (SSSR count). The molecule has 1 saturated heterocycles. The average molecular weight is 290 g/mol. The smallest absolute Gasteiger partial charge is 0.156 e. The van der Waals surface area contributed by atoms with Crippen molar-refractivity contribution in [3.63, 3.8) is 0 Å². The van der Waals surface area contributed by atoms with Gasteiger partial charge in [-0.25, -0.2) is 9.97 Å². The SMILES string of the molecule is CC(C)c1nc(C(C)C)c2c(n1)N1CCCOCC1CN2. The fraction of sp³-hybridized carbons (Fsp3) is 0.750. The van der Waals surface area contributed by atoms with E-state index in [9.17, 15) is 0 Å². The third kappa shape index (κ3) is 2.71. The van der Waals surface area contributed by atoms with Crippen LogP contribution in [0.3, 0.4) is 0 Å². The third-order valence-electron chi connectivity index (χ3n) is 4.22. The van der Waals surface area contributed by atoms with Crippen molar-refractivity contribution >= 4 is 11.5 Å². The first kappa shape index (κ1) is 14.6. The molecule has 1 N–H and O–H groups in total. The second-order valence-electron chi connectivity index (χ2n) is 6.63. The van der Waals surface area contributed by atoms with Crippen LogP contribution in [0.2, 0.25) is 0 Å². The Hall–Kier alpha value is -1.36. The lowest BCUT2D eigenvalue weighted by atomic mass is 10.0. The molecular formula is C16H26N4O. The van der Waals surface area contributed by atoms with Crippen LogP contribution in [0.15, 0.2) is 0 Å². The summed E-state index contributed by atoms with van der Waals surface area (Å²) in [4.78, 5) is 12.1. The molecule has 21 heavy (non-hydrogen) atoms. The number of ether oxygens (including phenoxy) is 1. The standard InChI is InChI=1S/C16H26N4O/c1-10(2)13-14-16(19-15(18-13)11(3)4)20-6-5-7-21-9-12(20)8-17-14/h10-12,17H,5-9H2,1-4H3. The highest BCUT2D eigenvalue weighted by atomic mass is 16.5. The molecule has 5 heteroatoms. The normalized spacial score (nSPS) is 21.8. The largest absolute Gasteiger partial charge is 0.379 e. The monoisotopic (exact) mass is 290 g/mol. The molecule has 0 radical (unpaired) electrons. The first-order chi connectivity index (χ1) is 10.1. The molecular weight excluding hydrogens is 264 g/mol. The van der Waals surface area contributed by atoms with Crippen LogP contribution in [-0.4, -0.2) is 42.3 Å². The minimum Gasteiger partial charge on any atom is -0.379 e. The summed E-state index contributed by atoms with van der Waals surface area (Å²) >= 11 is 0. The quantitative estimate of drug-likeness (QED) is 0.907. The van der Waals surface area contributed by atoms with Crippen LogP contribution >= 0.6 is 0 Å². The van der Waals surface area contributed by atoms with Gasteiger partial charge < -0.3 is 15.0 Å². The van der Waals surface area contributed by atoms with E-state index >= 15 is 0 Å². The van der Waals surface area contributed by atoms with Crippen molar-refractivity contribution < 1.29 is 4.74 Å². The van der Waals surface area contributed by atoms with Crippen LogP contribution in [-0.2, 0) is 4.74 Å². The van der Waals surface area contributed by atoms with E-state index in [0.717, 1.165) is 55.7 Å². The predicted octanol–water partition coefficient (Wildman–Crippen LogP) is 2.74. The third-order valence-corrected chi connectivity index (χ3v) is 4.22. The maximum atomic E-state index is 5.71. The van der Waals surface area contributed by atoms with Gasteiger partial charge in [-0.15, -0.1) is 0 Å². The van der Waals surface area contributed by atoms with E-state index in [4.69, 9.17) is 14.7 Å². The molecule has 1 unspecified atom stereocenters. The van der Waals surface area contributed by atoms with Crippen LogP contribution in [0.1, 0.15) is 57.5 Å². The van der Waals surface area contributed by atoms with Crippen molar-refractivity contribution in [3.8, 4) is 0 Å². The lowest BCUT2D eigenvalue weighted by Crippen LogP contribution is -2.47. The Labute approximate surface area is 127 Å². The molecule has 0 aromatic carbocycles. The van der Waals surface area contributed by atoms with Crippen LogP contribution in [0.4, 0.5) is 11.5 Å². The van der Waals surface area contributed by atoms with Gasteiger partial charge in [0, 0.05) is 25.6 Å². The van der Waals surface area contributed by atoms with Crippen molar-refractivity contribution in [1.29, 1.82) is 0 Å². The lowest BCUT2D eigenvalue weighted by Gasteiger charge is -2.38. The van der Waals surface area contributed by atoms with Crippen molar-refractivity contribution in [2.24, 2.45) is 0 Å². The molecule has 0 saturated carbocycles. The molecule has 3 heterocycles. The van der Waals surface area contributed by atoms with Crippen LogP contribution in [0, 0.1) is 0 Å². The Balaban J connectivity index is 2.09. The molecule has 1 aromatic heterocycles. The number of rotatable bonds is 2. The highest BCUT2D eigenvalue weighted by molar-refractivity contribution is 5.72. The summed E-state index contributed by atoms with van der Waals surface area (Å²) in [5.41, 5.74) is 2.28. The summed E-state index contributed by atoms with van der Waals surface area (Å²) in [5.74, 6) is 2.77. The summed E-state index contributed by atoms with van der Waals surface area (Å²) in [7, 11) is 0. The first-order valence-corrected chi connectivity index (χ1v) is 8.08.